The first kappa shape index (κ1) is 15.7. The van der Waals surface area contributed by atoms with Crippen LogP contribution in [0.1, 0.15) is 34.8 Å². The fourth-order valence-corrected chi connectivity index (χ4v) is 2.37. The van der Waals surface area contributed by atoms with Crippen molar-refractivity contribution in [2.75, 3.05) is 13.1 Å². The van der Waals surface area contributed by atoms with Gasteiger partial charge in [0.2, 0.25) is 0 Å². The number of nitrogens with zero attached hydrogens (tertiary/aromatic N) is 1. The normalized spacial score (nSPS) is 15.0. The van der Waals surface area contributed by atoms with Crippen LogP contribution in [0.15, 0.2) is 24.3 Å². The highest BCUT2D eigenvalue weighted by atomic mass is 19.3. The highest BCUT2D eigenvalue weighted by Crippen LogP contribution is 2.40. The molecule has 0 aliphatic heterocycles. The Kier molecular flexibility index (Phi) is 3.97. The highest BCUT2D eigenvalue weighted by Gasteiger charge is 2.29. The Bertz CT molecular complexity index is 760. The molecule has 122 valence electrons. The molecule has 0 radical (unpaired) electrons. The molecule has 0 spiro atoms. The fraction of sp³-hybridized carbons (Fsp3) is 0.375. The van der Waals surface area contributed by atoms with Crippen LogP contribution in [0.2, 0.25) is 0 Å². The third kappa shape index (κ3) is 3.44. The zero-order valence-corrected chi connectivity index (χ0v) is 12.3. The van der Waals surface area contributed by atoms with Gasteiger partial charge in [0, 0.05) is 17.0 Å². The predicted molar refractivity (Wildman–Crippen MR) is 80.0 cm³/mol. The highest BCUT2D eigenvalue weighted by molar-refractivity contribution is 6.06. The summed E-state index contributed by atoms with van der Waals surface area (Å²) < 4.78 is 39.9. The number of amides is 1. The fourth-order valence-electron chi connectivity index (χ4n) is 2.37. The van der Waals surface area contributed by atoms with Gasteiger partial charge in [0.25, 0.3) is 11.8 Å². The van der Waals surface area contributed by atoms with Crippen molar-refractivity contribution in [1.29, 1.82) is 0 Å². The molecular formula is C16H16F3N3O. The van der Waals surface area contributed by atoms with Crippen LogP contribution < -0.4 is 11.1 Å². The van der Waals surface area contributed by atoms with Crippen LogP contribution in [0.25, 0.3) is 10.9 Å². The van der Waals surface area contributed by atoms with E-state index in [2.05, 4.69) is 10.3 Å². The Morgan fingerprint density at radius 3 is 2.74 bits per heavy atom. The van der Waals surface area contributed by atoms with E-state index in [-0.39, 0.29) is 11.5 Å². The SMILES string of the molecule is NCC(F)(F)CNC(=O)c1cc(C2CC2)nc2ccc(F)cc12. The van der Waals surface area contributed by atoms with Crippen molar-refractivity contribution >= 4 is 16.8 Å². The minimum Gasteiger partial charge on any atom is -0.346 e. The Balaban J connectivity index is 1.97. The lowest BCUT2D eigenvalue weighted by Gasteiger charge is -2.15. The molecule has 7 heteroatoms. The van der Waals surface area contributed by atoms with E-state index in [1.807, 2.05) is 0 Å². The van der Waals surface area contributed by atoms with Crippen LogP contribution in [0.5, 0.6) is 0 Å². The molecule has 1 aliphatic rings. The van der Waals surface area contributed by atoms with E-state index in [1.54, 1.807) is 6.07 Å². The Morgan fingerprint density at radius 2 is 2.09 bits per heavy atom. The number of alkyl halides is 2. The van der Waals surface area contributed by atoms with E-state index >= 15 is 0 Å². The minimum atomic E-state index is -3.18. The summed E-state index contributed by atoms with van der Waals surface area (Å²) in [6.07, 6.45) is 1.96. The molecule has 2 aromatic rings. The summed E-state index contributed by atoms with van der Waals surface area (Å²) in [5, 5.41) is 2.48. The van der Waals surface area contributed by atoms with Crippen LogP contribution in [-0.2, 0) is 0 Å². The maximum Gasteiger partial charge on any atom is 0.277 e. The molecule has 1 aromatic carbocycles. The lowest BCUT2D eigenvalue weighted by atomic mass is 10.0. The van der Waals surface area contributed by atoms with Gasteiger partial charge in [0.05, 0.1) is 24.2 Å². The van der Waals surface area contributed by atoms with E-state index in [0.29, 0.717) is 10.9 Å². The molecule has 1 heterocycles. The number of nitrogens with one attached hydrogen (secondary N) is 1. The number of pyridine rings is 1. The largest absolute Gasteiger partial charge is 0.346 e. The molecule has 0 unspecified atom stereocenters. The average molecular weight is 323 g/mol. The van der Waals surface area contributed by atoms with Gasteiger partial charge >= 0.3 is 0 Å². The quantitative estimate of drug-likeness (QED) is 0.888. The number of benzene rings is 1. The molecule has 1 amide bonds. The van der Waals surface area contributed by atoms with Crippen molar-refractivity contribution in [2.45, 2.75) is 24.7 Å². The Hall–Kier alpha value is -2.15. The second-order valence-electron chi connectivity index (χ2n) is 5.77. The van der Waals surface area contributed by atoms with E-state index in [0.717, 1.165) is 18.5 Å². The van der Waals surface area contributed by atoms with Gasteiger partial charge in [-0.3, -0.25) is 9.78 Å². The number of carbonyl (C=O) groups is 1. The number of hydrogen-bond donors (Lipinski definition) is 2. The second-order valence-corrected chi connectivity index (χ2v) is 5.77. The molecule has 0 bridgehead atoms. The van der Waals surface area contributed by atoms with Gasteiger partial charge in [-0.05, 0) is 37.1 Å². The molecule has 1 fully saturated rings. The minimum absolute atomic E-state index is 0.157. The molecule has 1 aromatic heterocycles. The van der Waals surface area contributed by atoms with Crippen LogP contribution in [0, 0.1) is 5.82 Å². The van der Waals surface area contributed by atoms with Crippen molar-refractivity contribution < 1.29 is 18.0 Å². The topological polar surface area (TPSA) is 68.0 Å². The predicted octanol–water partition coefficient (Wildman–Crippen LogP) is 2.58. The monoisotopic (exact) mass is 323 g/mol. The smallest absolute Gasteiger partial charge is 0.277 e. The second kappa shape index (κ2) is 5.81. The first-order valence-electron chi connectivity index (χ1n) is 7.36. The van der Waals surface area contributed by atoms with Crippen LogP contribution in [0.4, 0.5) is 13.2 Å². The number of nitrogens with two attached hydrogens (primary N) is 1. The van der Waals surface area contributed by atoms with Crippen LogP contribution in [-0.4, -0.2) is 29.9 Å². The van der Waals surface area contributed by atoms with Gasteiger partial charge < -0.3 is 11.1 Å². The van der Waals surface area contributed by atoms with Gasteiger partial charge in [0.1, 0.15) is 5.82 Å². The lowest BCUT2D eigenvalue weighted by molar-refractivity contribution is 0.0119. The average Bonchev–Trinajstić information content (AvgIpc) is 3.36. The van der Waals surface area contributed by atoms with Gasteiger partial charge in [-0.25, -0.2) is 13.2 Å². The van der Waals surface area contributed by atoms with Crippen molar-refractivity contribution in [3.05, 3.63) is 41.3 Å². The lowest BCUT2D eigenvalue weighted by Crippen LogP contribution is -2.41. The number of hydrogen-bond acceptors (Lipinski definition) is 3. The molecule has 1 aliphatic carbocycles. The van der Waals surface area contributed by atoms with Crippen LogP contribution >= 0.6 is 0 Å². The van der Waals surface area contributed by atoms with Gasteiger partial charge in [-0.1, -0.05) is 0 Å². The van der Waals surface area contributed by atoms with Gasteiger partial charge in [-0.2, -0.15) is 0 Å². The van der Waals surface area contributed by atoms with Crippen molar-refractivity contribution in [1.82, 2.24) is 10.3 Å². The molecule has 1 saturated carbocycles. The van der Waals surface area contributed by atoms with E-state index < -0.39 is 30.7 Å². The summed E-state index contributed by atoms with van der Waals surface area (Å²) in [6.45, 7) is -1.72. The van der Waals surface area contributed by atoms with Crippen LogP contribution in [0.3, 0.4) is 0 Å². The zero-order valence-electron chi connectivity index (χ0n) is 12.3. The number of halogens is 3. The van der Waals surface area contributed by atoms with E-state index in [9.17, 15) is 18.0 Å². The first-order chi connectivity index (χ1) is 10.9. The van der Waals surface area contributed by atoms with Crippen molar-refractivity contribution in [3.63, 3.8) is 0 Å². The molecule has 3 N–H and O–H groups in total. The summed E-state index contributed by atoms with van der Waals surface area (Å²) in [4.78, 5) is 16.7. The van der Waals surface area contributed by atoms with Gasteiger partial charge in [0.15, 0.2) is 0 Å². The summed E-state index contributed by atoms with van der Waals surface area (Å²) >= 11 is 0. The zero-order chi connectivity index (χ0) is 16.6. The summed E-state index contributed by atoms with van der Waals surface area (Å²) in [5.74, 6) is -4.09. The summed E-state index contributed by atoms with van der Waals surface area (Å²) in [6, 6.07) is 5.50. The molecule has 23 heavy (non-hydrogen) atoms. The molecule has 3 rings (SSSR count). The van der Waals surface area contributed by atoms with Gasteiger partial charge in [-0.15, -0.1) is 0 Å². The third-order valence-corrected chi connectivity index (χ3v) is 3.84. The molecule has 4 nitrogen and oxygen atoms in total. The third-order valence-electron chi connectivity index (χ3n) is 3.84. The molecule has 0 atom stereocenters. The number of fused-ring (bicyclic) bond motifs is 1. The first-order valence-corrected chi connectivity index (χ1v) is 7.36. The van der Waals surface area contributed by atoms with Crippen molar-refractivity contribution in [2.24, 2.45) is 5.73 Å². The maximum absolute atomic E-state index is 13.5. The number of rotatable bonds is 5. The maximum atomic E-state index is 13.5. The summed E-state index contributed by atoms with van der Waals surface area (Å²) in [5.41, 5.74) is 6.32. The van der Waals surface area contributed by atoms with E-state index in [4.69, 9.17) is 5.73 Å². The summed E-state index contributed by atoms with van der Waals surface area (Å²) in [7, 11) is 0. The van der Waals surface area contributed by atoms with Crippen molar-refractivity contribution in [3.8, 4) is 0 Å². The Morgan fingerprint density at radius 1 is 1.35 bits per heavy atom. The molecule has 0 saturated heterocycles. The Labute approximate surface area is 130 Å². The number of aromatic nitrogens is 1. The molecular weight excluding hydrogens is 307 g/mol. The van der Waals surface area contributed by atoms with E-state index in [1.165, 1.54) is 18.2 Å². The standard InChI is InChI=1S/C16H16F3N3O/c17-10-3-4-13-11(5-10)12(6-14(22-13)9-1-2-9)15(23)21-8-16(18,19)7-20/h3-6,9H,1-2,7-8,20H2,(H,21,23). The number of carbonyl (C=O) groups excluding carboxylic acids is 1.